The van der Waals surface area contributed by atoms with Crippen LogP contribution in [0.15, 0.2) is 48.5 Å². The third kappa shape index (κ3) is 4.32. The Morgan fingerprint density at radius 3 is 2.39 bits per heavy atom. The summed E-state index contributed by atoms with van der Waals surface area (Å²) in [5, 5.41) is 16.1. The summed E-state index contributed by atoms with van der Waals surface area (Å²) in [5.74, 6) is -1.03. The first-order valence-electron chi connectivity index (χ1n) is 9.90. The Labute approximate surface area is 178 Å². The van der Waals surface area contributed by atoms with Gasteiger partial charge < -0.3 is 20.4 Å². The van der Waals surface area contributed by atoms with Gasteiger partial charge in [-0.2, -0.15) is 0 Å². The molecule has 2 aromatic carbocycles. The second-order valence-electron chi connectivity index (χ2n) is 7.41. The molecule has 160 valence electrons. The number of fused-ring (bicyclic) bond motifs is 1. The molecule has 0 spiro atoms. The van der Waals surface area contributed by atoms with E-state index in [2.05, 4.69) is 10.6 Å². The molecule has 1 atom stereocenters. The lowest BCUT2D eigenvalue weighted by molar-refractivity contribution is -0.384. The fourth-order valence-electron chi connectivity index (χ4n) is 3.76. The zero-order valence-corrected chi connectivity index (χ0v) is 16.6. The first kappa shape index (κ1) is 20.3. The van der Waals surface area contributed by atoms with Crippen molar-refractivity contribution in [3.63, 3.8) is 0 Å². The number of hydrogen-bond donors (Lipinski definition) is 2. The van der Waals surface area contributed by atoms with Crippen molar-refractivity contribution in [1.82, 2.24) is 10.2 Å². The number of non-ortho nitro benzene ring substituents is 1. The van der Waals surface area contributed by atoms with Crippen molar-refractivity contribution in [3.8, 4) is 0 Å². The first-order chi connectivity index (χ1) is 14.9. The Bertz CT molecular complexity index is 1030. The van der Waals surface area contributed by atoms with Gasteiger partial charge in [0.25, 0.3) is 11.6 Å². The summed E-state index contributed by atoms with van der Waals surface area (Å²) in [6.07, 6.45) is -0.122. The fraction of sp³-hybridized carbons (Fsp3) is 0.286. The van der Waals surface area contributed by atoms with Crippen molar-refractivity contribution in [2.75, 3.05) is 36.4 Å². The molecular formula is C21H21N5O5. The van der Waals surface area contributed by atoms with Crippen LogP contribution in [0.2, 0.25) is 0 Å². The van der Waals surface area contributed by atoms with E-state index in [9.17, 15) is 24.5 Å². The molecule has 2 aliphatic heterocycles. The average Bonchev–Trinajstić information content (AvgIpc) is 2.90. The number of nitrogens with zero attached hydrogens (tertiary/aromatic N) is 3. The van der Waals surface area contributed by atoms with E-state index >= 15 is 0 Å². The minimum Gasteiger partial charge on any atom is -0.368 e. The number of nitro benzene ring substituents is 1. The van der Waals surface area contributed by atoms with Gasteiger partial charge in [0.05, 0.1) is 22.6 Å². The third-order valence-corrected chi connectivity index (χ3v) is 5.49. The molecule has 1 saturated heterocycles. The lowest BCUT2D eigenvalue weighted by atomic mass is 10.1. The number of benzene rings is 2. The predicted molar refractivity (Wildman–Crippen MR) is 113 cm³/mol. The van der Waals surface area contributed by atoms with E-state index in [1.54, 1.807) is 41.3 Å². The number of carbonyl (C=O) groups excluding carboxylic acids is 3. The van der Waals surface area contributed by atoms with Crippen LogP contribution in [0.4, 0.5) is 17.1 Å². The van der Waals surface area contributed by atoms with Crippen molar-refractivity contribution in [1.29, 1.82) is 0 Å². The van der Waals surface area contributed by atoms with Crippen LogP contribution < -0.4 is 15.5 Å². The topological polar surface area (TPSA) is 125 Å². The Morgan fingerprint density at radius 1 is 1.03 bits per heavy atom. The maximum atomic E-state index is 12.8. The highest BCUT2D eigenvalue weighted by molar-refractivity contribution is 6.10. The normalized spacial score (nSPS) is 18.5. The molecule has 2 aliphatic rings. The zero-order chi connectivity index (χ0) is 22.0. The lowest BCUT2D eigenvalue weighted by Crippen LogP contribution is -2.51. The number of nitro groups is 1. The SMILES string of the molecule is O=C1NC(CC(=O)N2CCN(c3ccc([N+](=O)[O-])cc3)CC2)C(=O)Nc2ccccc21. The highest BCUT2D eigenvalue weighted by atomic mass is 16.6. The van der Waals surface area contributed by atoms with E-state index in [1.807, 2.05) is 4.90 Å². The smallest absolute Gasteiger partial charge is 0.269 e. The van der Waals surface area contributed by atoms with E-state index in [-0.39, 0.29) is 18.0 Å². The molecule has 10 nitrogen and oxygen atoms in total. The molecule has 0 radical (unpaired) electrons. The Hall–Kier alpha value is -3.95. The minimum absolute atomic E-state index is 0.0310. The van der Waals surface area contributed by atoms with E-state index in [1.165, 1.54) is 12.1 Å². The summed E-state index contributed by atoms with van der Waals surface area (Å²) < 4.78 is 0. The van der Waals surface area contributed by atoms with E-state index in [0.29, 0.717) is 37.4 Å². The van der Waals surface area contributed by atoms with Gasteiger partial charge >= 0.3 is 0 Å². The number of piperazine rings is 1. The number of nitrogens with one attached hydrogen (secondary N) is 2. The fourth-order valence-corrected chi connectivity index (χ4v) is 3.76. The second kappa shape index (κ2) is 8.42. The molecule has 0 saturated carbocycles. The molecule has 1 unspecified atom stereocenters. The van der Waals surface area contributed by atoms with E-state index in [4.69, 9.17) is 0 Å². The lowest BCUT2D eigenvalue weighted by Gasteiger charge is -2.36. The number of hydrogen-bond acceptors (Lipinski definition) is 6. The van der Waals surface area contributed by atoms with Gasteiger partial charge in [-0.1, -0.05) is 12.1 Å². The molecule has 2 heterocycles. The largest absolute Gasteiger partial charge is 0.368 e. The summed E-state index contributed by atoms with van der Waals surface area (Å²) in [6, 6.07) is 12.1. The summed E-state index contributed by atoms with van der Waals surface area (Å²) in [7, 11) is 0. The van der Waals surface area contributed by atoms with Crippen LogP contribution in [0.5, 0.6) is 0 Å². The summed E-state index contributed by atoms with van der Waals surface area (Å²) >= 11 is 0. The van der Waals surface area contributed by atoms with Crippen molar-refractivity contribution in [2.24, 2.45) is 0 Å². The number of para-hydroxylation sites is 1. The standard InChI is InChI=1S/C21H21N5O5/c27-19(13-18-21(29)22-17-4-2-1-3-16(17)20(28)23-18)25-11-9-24(10-12-25)14-5-7-15(8-6-14)26(30)31/h1-8,18H,9-13H2,(H,22,29)(H,23,28). The summed E-state index contributed by atoms with van der Waals surface area (Å²) in [5.41, 5.74) is 1.67. The van der Waals surface area contributed by atoms with Crippen molar-refractivity contribution in [3.05, 3.63) is 64.2 Å². The van der Waals surface area contributed by atoms with Crippen molar-refractivity contribution < 1.29 is 19.3 Å². The minimum atomic E-state index is -0.944. The maximum Gasteiger partial charge on any atom is 0.269 e. The van der Waals surface area contributed by atoms with Gasteiger partial charge in [0, 0.05) is 44.0 Å². The number of amides is 3. The van der Waals surface area contributed by atoms with Gasteiger partial charge in [-0.3, -0.25) is 24.5 Å². The Balaban J connectivity index is 1.34. The Kier molecular flexibility index (Phi) is 5.52. The molecule has 10 heteroatoms. The molecule has 4 rings (SSSR count). The molecule has 3 amide bonds. The zero-order valence-electron chi connectivity index (χ0n) is 16.6. The third-order valence-electron chi connectivity index (χ3n) is 5.49. The van der Waals surface area contributed by atoms with Gasteiger partial charge in [-0.15, -0.1) is 0 Å². The van der Waals surface area contributed by atoms with Crippen LogP contribution in [0.3, 0.4) is 0 Å². The molecule has 0 bridgehead atoms. The summed E-state index contributed by atoms with van der Waals surface area (Å²) in [6.45, 7) is 2.05. The van der Waals surface area contributed by atoms with Gasteiger partial charge in [0.1, 0.15) is 6.04 Å². The predicted octanol–water partition coefficient (Wildman–Crippen LogP) is 1.38. The van der Waals surface area contributed by atoms with E-state index < -0.39 is 22.8 Å². The molecule has 2 N–H and O–H groups in total. The maximum absolute atomic E-state index is 12.8. The number of anilines is 2. The molecule has 31 heavy (non-hydrogen) atoms. The molecule has 2 aromatic rings. The van der Waals surface area contributed by atoms with Gasteiger partial charge in [0.2, 0.25) is 11.8 Å². The average molecular weight is 423 g/mol. The van der Waals surface area contributed by atoms with Crippen molar-refractivity contribution >= 4 is 34.8 Å². The van der Waals surface area contributed by atoms with Crippen LogP contribution >= 0.6 is 0 Å². The molecule has 1 fully saturated rings. The summed E-state index contributed by atoms with van der Waals surface area (Å²) in [4.78, 5) is 51.7. The van der Waals surface area contributed by atoms with Crippen LogP contribution in [0.25, 0.3) is 0 Å². The molecular weight excluding hydrogens is 402 g/mol. The van der Waals surface area contributed by atoms with Crippen molar-refractivity contribution in [2.45, 2.75) is 12.5 Å². The monoisotopic (exact) mass is 423 g/mol. The van der Waals surface area contributed by atoms with Gasteiger partial charge in [-0.25, -0.2) is 0 Å². The number of rotatable bonds is 4. The second-order valence-corrected chi connectivity index (χ2v) is 7.41. The van der Waals surface area contributed by atoms with Gasteiger partial charge in [-0.05, 0) is 24.3 Å². The first-order valence-corrected chi connectivity index (χ1v) is 9.90. The van der Waals surface area contributed by atoms with Gasteiger partial charge in [0.15, 0.2) is 0 Å². The van der Waals surface area contributed by atoms with Crippen LogP contribution in [-0.2, 0) is 9.59 Å². The molecule has 0 aromatic heterocycles. The van der Waals surface area contributed by atoms with E-state index in [0.717, 1.165) is 5.69 Å². The Morgan fingerprint density at radius 2 is 1.71 bits per heavy atom. The van der Waals surface area contributed by atoms with Crippen LogP contribution in [-0.4, -0.2) is 59.8 Å². The van der Waals surface area contributed by atoms with Crippen LogP contribution in [0.1, 0.15) is 16.8 Å². The highest BCUT2D eigenvalue weighted by Crippen LogP contribution is 2.22. The quantitative estimate of drug-likeness (QED) is 0.566. The highest BCUT2D eigenvalue weighted by Gasteiger charge is 2.31. The number of carbonyl (C=O) groups is 3. The molecule has 0 aliphatic carbocycles. The van der Waals surface area contributed by atoms with Crippen LogP contribution in [0, 0.1) is 10.1 Å².